The number of rotatable bonds is 8. The standard InChI is InChI=1S/C44H50N6O9S/c1-5-28-21-44(28,41(53)49-60(55,56)30-13-14-30)48-38(51)35-19-29-23-50(35)40(52)37(26-9-6-7-10-26)47-42(54)58-24-43(2,3)16-8-11-27-18-33-32(20-36(27)57-4)31-15-12-25(22-45)17-34(31)46-39(33)59-29/h5,8,11-12,15,17-18,20,26,28-30,35,37H,1,6-7,9-10,13-14,16,19,21,23-24H2,2-4H3,(H,47,54)(H,48,51)(H,49,53)/b11-8+/t28-,29+,35-,37-,44+/m0/s1. The lowest BCUT2D eigenvalue weighted by atomic mass is 9.90. The molecule has 15 nitrogen and oxygen atoms in total. The van der Waals surface area contributed by atoms with Gasteiger partial charge in [-0.05, 0) is 68.7 Å². The molecule has 4 amide bonds. The van der Waals surface area contributed by atoms with Crippen molar-refractivity contribution in [2.45, 2.75) is 101 Å². The van der Waals surface area contributed by atoms with E-state index in [0.29, 0.717) is 54.3 Å². The van der Waals surface area contributed by atoms with Crippen molar-refractivity contribution in [1.82, 2.24) is 25.2 Å². The molecule has 60 heavy (non-hydrogen) atoms. The molecule has 3 aliphatic carbocycles. The number of hydrogen-bond acceptors (Lipinski definition) is 11. The molecule has 0 unspecified atom stereocenters. The first-order valence-electron chi connectivity index (χ1n) is 20.6. The predicted octanol–water partition coefficient (Wildman–Crippen LogP) is 5.01. The van der Waals surface area contributed by atoms with Crippen LogP contribution in [-0.2, 0) is 29.1 Å². The zero-order chi connectivity index (χ0) is 42.6. The van der Waals surface area contributed by atoms with E-state index < -0.39 is 74.1 Å². The molecule has 5 atom stereocenters. The Labute approximate surface area is 348 Å². The Balaban J connectivity index is 1.21. The lowest BCUT2D eigenvalue weighted by Crippen LogP contribution is -2.59. The highest BCUT2D eigenvalue weighted by molar-refractivity contribution is 7.91. The van der Waals surface area contributed by atoms with E-state index in [4.69, 9.17) is 19.2 Å². The van der Waals surface area contributed by atoms with E-state index in [1.54, 1.807) is 19.2 Å². The number of carbonyl (C=O) groups excluding carboxylic acids is 4. The van der Waals surface area contributed by atoms with E-state index in [1.807, 2.05) is 44.2 Å². The molecular weight excluding hydrogens is 789 g/mol. The molecule has 3 heterocycles. The number of pyridine rings is 1. The van der Waals surface area contributed by atoms with Gasteiger partial charge in [0.25, 0.3) is 5.91 Å². The number of cyclic esters (lactones) is 1. The third kappa shape index (κ3) is 7.99. The fraction of sp³-hybridized carbons (Fsp3) is 0.500. The monoisotopic (exact) mass is 838 g/mol. The van der Waals surface area contributed by atoms with Crippen LogP contribution in [0.3, 0.4) is 0 Å². The van der Waals surface area contributed by atoms with Gasteiger partial charge >= 0.3 is 6.09 Å². The number of nitriles is 1. The second-order valence-corrected chi connectivity index (χ2v) is 19.5. The first kappa shape index (κ1) is 41.1. The maximum atomic E-state index is 14.9. The van der Waals surface area contributed by atoms with Crippen LogP contribution in [-0.4, -0.2) is 91.4 Å². The van der Waals surface area contributed by atoms with Gasteiger partial charge in [-0.1, -0.05) is 51.0 Å². The SMILES string of the molecule is C=C[C@H]1C[C@]1(NC(=O)[C@@H]1C[C@@H]2CN1C(=O)[C@H](C1CCCC1)NC(=O)OCC(C)(C)C/C=C/c1cc3c(nc4cc(C#N)ccc4c3cc1OC)O2)C(=O)NS(=O)(=O)C1CC1. The molecule has 3 saturated carbocycles. The highest BCUT2D eigenvalue weighted by Crippen LogP contribution is 2.46. The number of aromatic nitrogens is 1. The number of amides is 4. The van der Waals surface area contributed by atoms with Gasteiger partial charge in [0.05, 0.1) is 42.7 Å². The quantitative estimate of drug-likeness (QED) is 0.203. The van der Waals surface area contributed by atoms with Crippen LogP contribution >= 0.6 is 0 Å². The number of benzene rings is 2. The van der Waals surface area contributed by atoms with E-state index in [9.17, 15) is 32.9 Å². The van der Waals surface area contributed by atoms with Crippen molar-refractivity contribution in [3.8, 4) is 17.7 Å². The number of alkyl carbamates (subject to hydrolysis) is 1. The van der Waals surface area contributed by atoms with Gasteiger partial charge in [-0.25, -0.2) is 18.2 Å². The minimum atomic E-state index is -3.93. The third-order valence-electron chi connectivity index (χ3n) is 12.6. The molecule has 3 N–H and O–H groups in total. The van der Waals surface area contributed by atoms with Crippen molar-refractivity contribution in [3.63, 3.8) is 0 Å². The molecular formula is C44H50N6O9S. The van der Waals surface area contributed by atoms with Crippen LogP contribution in [0.5, 0.6) is 11.6 Å². The normalized spacial score (nSPS) is 27.5. The molecule has 0 radical (unpaired) electrons. The van der Waals surface area contributed by atoms with Crippen LogP contribution in [0, 0.1) is 28.6 Å². The number of fused-ring (bicyclic) bond motifs is 5. The van der Waals surface area contributed by atoms with E-state index in [0.717, 1.165) is 29.2 Å². The summed E-state index contributed by atoms with van der Waals surface area (Å²) in [6.45, 7) is 7.73. The van der Waals surface area contributed by atoms with Crippen LogP contribution in [0.1, 0.15) is 82.8 Å². The maximum absolute atomic E-state index is 14.9. The molecule has 4 fully saturated rings. The highest BCUT2D eigenvalue weighted by atomic mass is 32.2. The van der Waals surface area contributed by atoms with Gasteiger partial charge in [-0.15, -0.1) is 6.58 Å². The summed E-state index contributed by atoms with van der Waals surface area (Å²) in [5.41, 5.74) is -0.451. The van der Waals surface area contributed by atoms with E-state index in [1.165, 1.54) is 11.0 Å². The van der Waals surface area contributed by atoms with Crippen molar-refractivity contribution in [1.29, 1.82) is 5.26 Å². The molecule has 1 saturated heterocycles. The largest absolute Gasteiger partial charge is 0.496 e. The molecule has 2 aromatic carbocycles. The minimum absolute atomic E-state index is 0.0210. The van der Waals surface area contributed by atoms with Gasteiger partial charge in [0.2, 0.25) is 27.7 Å². The van der Waals surface area contributed by atoms with Gasteiger partial charge in [-0.2, -0.15) is 5.26 Å². The number of methoxy groups -OCH3 is 1. The topological polar surface area (TPSA) is 206 Å². The van der Waals surface area contributed by atoms with Crippen LogP contribution < -0.4 is 24.8 Å². The average Bonchev–Trinajstić information content (AvgIpc) is 4.10. The summed E-state index contributed by atoms with van der Waals surface area (Å²) in [6, 6.07) is 8.97. The average molecular weight is 839 g/mol. The van der Waals surface area contributed by atoms with Crippen LogP contribution in [0.2, 0.25) is 0 Å². The van der Waals surface area contributed by atoms with Crippen molar-refractivity contribution < 1.29 is 41.8 Å². The molecule has 4 bridgehead atoms. The summed E-state index contributed by atoms with van der Waals surface area (Å²) in [5.74, 6) is -2.00. The summed E-state index contributed by atoms with van der Waals surface area (Å²) >= 11 is 0. The third-order valence-corrected chi connectivity index (χ3v) is 14.4. The van der Waals surface area contributed by atoms with E-state index in [2.05, 4.69) is 28.0 Å². The van der Waals surface area contributed by atoms with E-state index in [-0.39, 0.29) is 37.8 Å². The molecule has 316 valence electrons. The van der Waals surface area contributed by atoms with Gasteiger partial charge in [0.15, 0.2) is 0 Å². The Morgan fingerprint density at radius 1 is 1.10 bits per heavy atom. The Kier molecular flexibility index (Phi) is 10.8. The Morgan fingerprint density at radius 3 is 2.55 bits per heavy atom. The highest BCUT2D eigenvalue weighted by Gasteiger charge is 2.62. The Bertz CT molecular complexity index is 2470. The summed E-state index contributed by atoms with van der Waals surface area (Å²) in [5, 5.41) is 16.9. The van der Waals surface area contributed by atoms with Gasteiger partial charge in [-0.3, -0.25) is 19.1 Å². The number of nitrogens with zero attached hydrogens (tertiary/aromatic N) is 3. The first-order chi connectivity index (χ1) is 28.6. The molecule has 2 aliphatic heterocycles. The molecule has 5 aliphatic rings. The predicted molar refractivity (Wildman–Crippen MR) is 222 cm³/mol. The number of ether oxygens (including phenoxy) is 3. The molecule has 1 aromatic heterocycles. The van der Waals surface area contributed by atoms with Crippen molar-refractivity contribution >= 4 is 61.6 Å². The van der Waals surface area contributed by atoms with Crippen molar-refractivity contribution in [2.75, 3.05) is 20.3 Å². The molecule has 0 spiro atoms. The van der Waals surface area contributed by atoms with Crippen molar-refractivity contribution in [3.05, 3.63) is 60.2 Å². The zero-order valence-corrected chi connectivity index (χ0v) is 34.8. The zero-order valence-electron chi connectivity index (χ0n) is 34.0. The number of nitrogens with one attached hydrogen (secondary N) is 3. The fourth-order valence-corrected chi connectivity index (χ4v) is 10.2. The summed E-state index contributed by atoms with van der Waals surface area (Å²) in [6.07, 6.45) is 8.49. The summed E-state index contributed by atoms with van der Waals surface area (Å²) < 4.78 is 46.2. The van der Waals surface area contributed by atoms with Gasteiger partial charge in [0.1, 0.15) is 29.5 Å². The van der Waals surface area contributed by atoms with Crippen LogP contribution in [0.15, 0.2) is 49.1 Å². The lowest BCUT2D eigenvalue weighted by Gasteiger charge is -2.32. The maximum Gasteiger partial charge on any atom is 0.407 e. The van der Waals surface area contributed by atoms with Gasteiger partial charge < -0.3 is 29.7 Å². The number of hydrogen-bond donors (Lipinski definition) is 3. The minimum Gasteiger partial charge on any atom is -0.496 e. The van der Waals surface area contributed by atoms with Crippen LogP contribution in [0.4, 0.5) is 4.79 Å². The summed E-state index contributed by atoms with van der Waals surface area (Å²) in [4.78, 5) is 62.9. The number of sulfonamides is 1. The molecule has 3 aromatic rings. The molecule has 16 heteroatoms. The van der Waals surface area contributed by atoms with Crippen molar-refractivity contribution in [2.24, 2.45) is 17.3 Å². The smallest absolute Gasteiger partial charge is 0.407 e. The lowest BCUT2D eigenvalue weighted by molar-refractivity contribution is -0.142. The number of allylic oxidation sites excluding steroid dienone is 1. The van der Waals surface area contributed by atoms with E-state index >= 15 is 0 Å². The summed E-state index contributed by atoms with van der Waals surface area (Å²) in [7, 11) is -2.35. The number of carbonyl (C=O) groups is 4. The van der Waals surface area contributed by atoms with Gasteiger partial charge in [0, 0.05) is 39.5 Å². The first-order valence-corrected chi connectivity index (χ1v) is 22.1. The second kappa shape index (κ2) is 15.7. The Morgan fingerprint density at radius 2 is 1.87 bits per heavy atom. The molecule has 8 rings (SSSR count). The fourth-order valence-electron chi connectivity index (χ4n) is 8.88. The Hall–Kier alpha value is -5.69. The second-order valence-electron chi connectivity index (χ2n) is 17.6. The van der Waals surface area contributed by atoms with Crippen LogP contribution in [0.25, 0.3) is 27.8 Å².